The average Bonchev–Trinajstić information content (AvgIpc) is 2.38. The van der Waals surface area contributed by atoms with Crippen molar-refractivity contribution < 1.29 is 18.0 Å². The Balaban J connectivity index is 2.32. The van der Waals surface area contributed by atoms with Gasteiger partial charge in [0.15, 0.2) is 11.6 Å². The highest BCUT2D eigenvalue weighted by Gasteiger charge is 2.15. The van der Waals surface area contributed by atoms with Crippen molar-refractivity contribution in [3.8, 4) is 0 Å². The molecule has 0 atom stereocenters. The zero-order chi connectivity index (χ0) is 14.9. The van der Waals surface area contributed by atoms with E-state index < -0.39 is 29.0 Å². The molecule has 0 bridgehead atoms. The second-order valence-electron chi connectivity index (χ2n) is 3.82. The van der Waals surface area contributed by atoms with Crippen molar-refractivity contribution in [3.05, 3.63) is 62.3 Å². The first-order chi connectivity index (χ1) is 9.38. The summed E-state index contributed by atoms with van der Waals surface area (Å²) in [6, 6.07) is 5.81. The van der Waals surface area contributed by atoms with Gasteiger partial charge in [-0.1, -0.05) is 15.9 Å². The Hall–Kier alpha value is -1.34. The van der Waals surface area contributed by atoms with Gasteiger partial charge in [0, 0.05) is 21.1 Å². The molecule has 7 heteroatoms. The zero-order valence-electron chi connectivity index (χ0n) is 9.68. The minimum absolute atomic E-state index is 0.225. The third-order valence-electron chi connectivity index (χ3n) is 2.43. The monoisotopic (exact) mass is 407 g/mol. The molecule has 0 aliphatic carbocycles. The van der Waals surface area contributed by atoms with Crippen LogP contribution in [0.15, 0.2) is 39.3 Å². The van der Waals surface area contributed by atoms with Crippen LogP contribution in [0.5, 0.6) is 0 Å². The molecule has 2 aromatic rings. The van der Waals surface area contributed by atoms with Gasteiger partial charge in [0.2, 0.25) is 0 Å². The van der Waals surface area contributed by atoms with E-state index in [-0.39, 0.29) is 5.56 Å². The van der Waals surface area contributed by atoms with Crippen LogP contribution in [0, 0.1) is 17.5 Å². The molecule has 104 valence electrons. The maximum Gasteiger partial charge on any atom is 0.256 e. The van der Waals surface area contributed by atoms with Crippen LogP contribution < -0.4 is 5.32 Å². The lowest BCUT2D eigenvalue weighted by Gasteiger charge is -2.09. The Bertz CT molecular complexity index is 692. The van der Waals surface area contributed by atoms with E-state index in [2.05, 4.69) is 37.2 Å². The van der Waals surface area contributed by atoms with E-state index in [1.54, 1.807) is 12.1 Å². The Kier molecular flexibility index (Phi) is 4.49. The molecule has 0 radical (unpaired) electrons. The number of hydrogen-bond donors (Lipinski definition) is 1. The topological polar surface area (TPSA) is 29.1 Å². The molecule has 0 aromatic heterocycles. The number of carbonyl (C=O) groups is 1. The van der Waals surface area contributed by atoms with Crippen molar-refractivity contribution in [1.82, 2.24) is 0 Å². The second-order valence-corrected chi connectivity index (χ2v) is 5.59. The highest BCUT2D eigenvalue weighted by atomic mass is 79.9. The molecule has 20 heavy (non-hydrogen) atoms. The third-order valence-corrected chi connectivity index (χ3v) is 3.62. The maximum atomic E-state index is 13.4. The fourth-order valence-corrected chi connectivity index (χ4v) is 2.27. The van der Waals surface area contributed by atoms with E-state index in [0.717, 1.165) is 0 Å². The van der Waals surface area contributed by atoms with Crippen LogP contribution in [0.3, 0.4) is 0 Å². The van der Waals surface area contributed by atoms with E-state index in [1.807, 2.05) is 0 Å². The standard InChI is InChI=1S/C13H6Br2F3NO/c14-6-1-2-8(15)7(3-6)13(20)19-12-5-10(17)9(16)4-11(12)18/h1-5H,(H,19,20). The molecule has 2 nitrogen and oxygen atoms in total. The molecule has 0 aliphatic heterocycles. The number of carbonyl (C=O) groups excluding carboxylic acids is 1. The molecule has 0 unspecified atom stereocenters. The molecule has 1 N–H and O–H groups in total. The number of halogens is 5. The SMILES string of the molecule is O=C(Nc1cc(F)c(F)cc1F)c1cc(Br)ccc1Br. The molecule has 2 aromatic carbocycles. The van der Waals surface area contributed by atoms with E-state index in [0.29, 0.717) is 21.1 Å². The Labute approximate surface area is 129 Å². The second kappa shape index (κ2) is 5.97. The summed E-state index contributed by atoms with van der Waals surface area (Å²) in [4.78, 5) is 12.0. The molecule has 0 aliphatic rings. The van der Waals surface area contributed by atoms with Crippen LogP contribution in [0.1, 0.15) is 10.4 Å². The lowest BCUT2D eigenvalue weighted by molar-refractivity contribution is 0.102. The van der Waals surface area contributed by atoms with Crippen molar-refractivity contribution in [3.63, 3.8) is 0 Å². The Morgan fingerprint density at radius 3 is 2.30 bits per heavy atom. The fourth-order valence-electron chi connectivity index (χ4n) is 1.48. The number of anilines is 1. The largest absolute Gasteiger partial charge is 0.319 e. The first-order valence-electron chi connectivity index (χ1n) is 5.29. The molecule has 0 spiro atoms. The van der Waals surface area contributed by atoms with E-state index in [1.165, 1.54) is 6.07 Å². The normalized spacial score (nSPS) is 10.4. The summed E-state index contributed by atoms with van der Waals surface area (Å²) in [5, 5.41) is 2.19. The summed E-state index contributed by atoms with van der Waals surface area (Å²) in [5.74, 6) is -4.26. The smallest absolute Gasteiger partial charge is 0.256 e. The van der Waals surface area contributed by atoms with Gasteiger partial charge in [-0.25, -0.2) is 13.2 Å². The molecule has 1 amide bonds. The molecule has 0 saturated carbocycles. The van der Waals surface area contributed by atoms with E-state index >= 15 is 0 Å². The van der Waals surface area contributed by atoms with Crippen molar-refractivity contribution in [1.29, 1.82) is 0 Å². The summed E-state index contributed by atoms with van der Waals surface area (Å²) in [6.45, 7) is 0. The third kappa shape index (κ3) is 3.21. The van der Waals surface area contributed by atoms with E-state index in [4.69, 9.17) is 0 Å². The van der Waals surface area contributed by atoms with Gasteiger partial charge in [0.1, 0.15) is 5.82 Å². The van der Waals surface area contributed by atoms with E-state index in [9.17, 15) is 18.0 Å². The van der Waals surface area contributed by atoms with Crippen LogP contribution in [-0.4, -0.2) is 5.91 Å². The number of benzene rings is 2. The van der Waals surface area contributed by atoms with Gasteiger partial charge in [-0.05, 0) is 34.1 Å². The molecule has 0 saturated heterocycles. The van der Waals surface area contributed by atoms with Gasteiger partial charge < -0.3 is 5.32 Å². The lowest BCUT2D eigenvalue weighted by Crippen LogP contribution is -2.14. The minimum atomic E-state index is -1.32. The maximum absolute atomic E-state index is 13.4. The van der Waals surface area contributed by atoms with Crippen molar-refractivity contribution in [2.75, 3.05) is 5.32 Å². The molecular formula is C13H6Br2F3NO. The molecule has 0 fully saturated rings. The minimum Gasteiger partial charge on any atom is -0.319 e. The Morgan fingerprint density at radius 2 is 1.60 bits per heavy atom. The van der Waals surface area contributed by atoms with Crippen LogP contribution in [0.2, 0.25) is 0 Å². The predicted molar refractivity (Wildman–Crippen MR) is 76.1 cm³/mol. The summed E-state index contributed by atoms with van der Waals surface area (Å²) in [7, 11) is 0. The fraction of sp³-hybridized carbons (Fsp3) is 0. The van der Waals surface area contributed by atoms with Crippen molar-refractivity contribution in [2.24, 2.45) is 0 Å². The van der Waals surface area contributed by atoms with Crippen molar-refractivity contribution in [2.45, 2.75) is 0 Å². The summed E-state index contributed by atoms with van der Waals surface area (Å²) in [5.41, 5.74) is -0.204. The van der Waals surface area contributed by atoms with Gasteiger partial charge in [0.25, 0.3) is 5.91 Å². The van der Waals surface area contributed by atoms with Crippen LogP contribution in [-0.2, 0) is 0 Å². The summed E-state index contributed by atoms with van der Waals surface area (Å²) >= 11 is 6.38. The highest BCUT2D eigenvalue weighted by Crippen LogP contribution is 2.24. The summed E-state index contributed by atoms with van der Waals surface area (Å²) < 4.78 is 40.4. The lowest BCUT2D eigenvalue weighted by atomic mass is 10.2. The molecular weight excluding hydrogens is 403 g/mol. The molecule has 0 heterocycles. The number of amides is 1. The number of rotatable bonds is 2. The number of hydrogen-bond acceptors (Lipinski definition) is 1. The Morgan fingerprint density at radius 1 is 0.950 bits per heavy atom. The van der Waals surface area contributed by atoms with Gasteiger partial charge in [-0.15, -0.1) is 0 Å². The van der Waals surface area contributed by atoms with Crippen molar-refractivity contribution >= 4 is 43.5 Å². The van der Waals surface area contributed by atoms with Crippen LogP contribution >= 0.6 is 31.9 Å². The highest BCUT2D eigenvalue weighted by molar-refractivity contribution is 9.11. The van der Waals surface area contributed by atoms with Gasteiger partial charge in [0.05, 0.1) is 11.3 Å². The first-order valence-corrected chi connectivity index (χ1v) is 6.88. The van der Waals surface area contributed by atoms with Gasteiger partial charge >= 0.3 is 0 Å². The quantitative estimate of drug-likeness (QED) is 0.705. The summed E-state index contributed by atoms with van der Waals surface area (Å²) in [6.07, 6.45) is 0. The van der Waals surface area contributed by atoms with Crippen LogP contribution in [0.4, 0.5) is 18.9 Å². The van der Waals surface area contributed by atoms with Gasteiger partial charge in [-0.2, -0.15) is 0 Å². The predicted octanol–water partition coefficient (Wildman–Crippen LogP) is 4.88. The molecule has 2 rings (SSSR count). The average molecular weight is 409 g/mol. The van der Waals surface area contributed by atoms with Gasteiger partial charge in [-0.3, -0.25) is 4.79 Å². The first kappa shape index (κ1) is 15.1. The zero-order valence-corrected chi connectivity index (χ0v) is 12.9. The number of nitrogens with one attached hydrogen (secondary N) is 1. The van der Waals surface area contributed by atoms with Crippen LogP contribution in [0.25, 0.3) is 0 Å².